The number of rotatable bonds is 10. The summed E-state index contributed by atoms with van der Waals surface area (Å²) in [6.07, 6.45) is 5.67. The van der Waals surface area contributed by atoms with Crippen molar-refractivity contribution >= 4 is 8.32 Å². The summed E-state index contributed by atoms with van der Waals surface area (Å²) in [5, 5.41) is 10.5. The van der Waals surface area contributed by atoms with Gasteiger partial charge in [-0.2, -0.15) is 0 Å². The third-order valence-corrected chi connectivity index (χ3v) is 9.96. The normalized spacial score (nSPS) is 18.0. The zero-order valence-electron chi connectivity index (χ0n) is 17.0. The van der Waals surface area contributed by atoms with Crippen molar-refractivity contribution in [2.24, 2.45) is 11.8 Å². The minimum Gasteiger partial charge on any atom is -0.414 e. The molecule has 0 saturated heterocycles. The Morgan fingerprint density at radius 2 is 1.62 bits per heavy atom. The molecule has 0 aromatic heterocycles. The van der Waals surface area contributed by atoms with Gasteiger partial charge in [-0.3, -0.25) is 0 Å². The SMILES string of the molecule is CC#C/C=C\[C@H](C)[C@@H](O)/C(C)=C/[C@H](C)[C@@H](C)O[Si](CC)(CC)CC. The van der Waals surface area contributed by atoms with Crippen LogP contribution in [0.25, 0.3) is 0 Å². The topological polar surface area (TPSA) is 29.5 Å². The molecule has 0 spiro atoms. The average Bonchev–Trinajstić information content (AvgIpc) is 2.58. The quantitative estimate of drug-likeness (QED) is 0.318. The first kappa shape index (κ1) is 23.2. The Morgan fingerprint density at radius 1 is 1.08 bits per heavy atom. The number of hydrogen-bond donors (Lipinski definition) is 1. The molecule has 0 aromatic carbocycles. The van der Waals surface area contributed by atoms with Crippen LogP contribution < -0.4 is 0 Å². The average molecular weight is 351 g/mol. The molecule has 138 valence electrons. The molecule has 0 rings (SSSR count). The van der Waals surface area contributed by atoms with E-state index >= 15 is 0 Å². The molecule has 0 bridgehead atoms. The maximum absolute atomic E-state index is 10.5. The van der Waals surface area contributed by atoms with E-state index in [1.54, 1.807) is 0 Å². The molecular weight excluding hydrogens is 312 g/mol. The molecule has 0 aliphatic heterocycles. The second kappa shape index (κ2) is 11.7. The standard InChI is InChI=1S/C21H38O2Si/c1-9-13-14-15-17(5)21(22)19(7)16-18(6)20(8)23-24(10-2,11-3)12-4/h14-18,20-22H,10-12H2,1-8H3/b15-14-,19-16+/t17-,18-,20+,21+/m0/s1. The number of allylic oxidation sites excluding steroid dienone is 1. The first-order valence-corrected chi connectivity index (χ1v) is 11.9. The second-order valence-electron chi connectivity index (χ2n) is 6.89. The number of hydrogen-bond acceptors (Lipinski definition) is 2. The Kier molecular flexibility index (Phi) is 11.3. The van der Waals surface area contributed by atoms with Crippen molar-refractivity contribution < 1.29 is 9.53 Å². The molecule has 4 atom stereocenters. The van der Waals surface area contributed by atoms with Gasteiger partial charge in [-0.25, -0.2) is 0 Å². The summed E-state index contributed by atoms with van der Waals surface area (Å²) in [5.41, 5.74) is 1.01. The molecular formula is C21H38O2Si. The van der Waals surface area contributed by atoms with Crippen LogP contribution in [0.15, 0.2) is 23.8 Å². The molecule has 0 amide bonds. The highest BCUT2D eigenvalue weighted by Gasteiger charge is 2.32. The maximum atomic E-state index is 10.5. The van der Waals surface area contributed by atoms with Gasteiger partial charge in [-0.05, 0) is 56.5 Å². The number of aliphatic hydroxyl groups is 1. The third kappa shape index (κ3) is 7.38. The Balaban J connectivity index is 4.93. The number of aliphatic hydroxyl groups excluding tert-OH is 1. The Labute approximate surface area is 151 Å². The molecule has 0 fully saturated rings. The Morgan fingerprint density at radius 3 is 2.08 bits per heavy atom. The van der Waals surface area contributed by atoms with Gasteiger partial charge in [-0.15, -0.1) is 5.92 Å². The van der Waals surface area contributed by atoms with Gasteiger partial charge in [0.05, 0.1) is 6.10 Å². The first-order valence-electron chi connectivity index (χ1n) is 9.39. The van der Waals surface area contributed by atoms with E-state index in [1.807, 2.05) is 32.9 Å². The van der Waals surface area contributed by atoms with Gasteiger partial charge in [0.1, 0.15) is 0 Å². The van der Waals surface area contributed by atoms with Crippen molar-refractivity contribution in [3.8, 4) is 11.8 Å². The highest BCUT2D eigenvalue weighted by molar-refractivity contribution is 6.73. The van der Waals surface area contributed by atoms with Crippen LogP contribution in [-0.4, -0.2) is 25.6 Å². The molecule has 1 N–H and O–H groups in total. The lowest BCUT2D eigenvalue weighted by molar-refractivity contribution is 0.159. The van der Waals surface area contributed by atoms with E-state index in [9.17, 15) is 5.11 Å². The molecule has 0 aliphatic carbocycles. The largest absolute Gasteiger partial charge is 0.414 e. The summed E-state index contributed by atoms with van der Waals surface area (Å²) in [6.45, 7) is 17.0. The van der Waals surface area contributed by atoms with E-state index in [4.69, 9.17) is 4.43 Å². The van der Waals surface area contributed by atoms with Gasteiger partial charge in [0.25, 0.3) is 0 Å². The van der Waals surface area contributed by atoms with Crippen LogP contribution in [0.1, 0.15) is 55.4 Å². The highest BCUT2D eigenvalue weighted by atomic mass is 28.4. The molecule has 0 radical (unpaired) electrons. The van der Waals surface area contributed by atoms with E-state index in [-0.39, 0.29) is 12.0 Å². The first-order chi connectivity index (χ1) is 11.3. The highest BCUT2D eigenvalue weighted by Crippen LogP contribution is 2.27. The van der Waals surface area contributed by atoms with Crippen molar-refractivity contribution in [1.29, 1.82) is 0 Å². The Bertz CT molecular complexity index is 458. The molecule has 2 nitrogen and oxygen atoms in total. The van der Waals surface area contributed by atoms with Crippen molar-refractivity contribution in [1.82, 2.24) is 0 Å². The molecule has 3 heteroatoms. The third-order valence-electron chi connectivity index (χ3n) is 5.23. The summed E-state index contributed by atoms with van der Waals surface area (Å²) in [7, 11) is -1.58. The van der Waals surface area contributed by atoms with Crippen LogP contribution in [0.2, 0.25) is 18.1 Å². The van der Waals surface area contributed by atoms with Crippen molar-refractivity contribution in [3.63, 3.8) is 0 Å². The van der Waals surface area contributed by atoms with Gasteiger partial charge in [0.15, 0.2) is 8.32 Å². The van der Waals surface area contributed by atoms with Crippen molar-refractivity contribution in [2.45, 2.75) is 85.7 Å². The van der Waals surface area contributed by atoms with Gasteiger partial charge in [0, 0.05) is 12.0 Å². The monoisotopic (exact) mass is 350 g/mol. The van der Waals surface area contributed by atoms with Crippen LogP contribution in [0.4, 0.5) is 0 Å². The van der Waals surface area contributed by atoms with E-state index in [1.165, 1.54) is 18.1 Å². The summed E-state index contributed by atoms with van der Waals surface area (Å²) in [4.78, 5) is 0. The van der Waals surface area contributed by atoms with Crippen molar-refractivity contribution in [3.05, 3.63) is 23.8 Å². The molecule has 0 aromatic rings. The van der Waals surface area contributed by atoms with Crippen LogP contribution >= 0.6 is 0 Å². The maximum Gasteiger partial charge on any atom is 0.192 e. The zero-order chi connectivity index (χ0) is 18.8. The summed E-state index contributed by atoms with van der Waals surface area (Å²) < 4.78 is 6.55. The summed E-state index contributed by atoms with van der Waals surface area (Å²) in [6, 6.07) is 3.51. The van der Waals surface area contributed by atoms with Crippen LogP contribution in [0.3, 0.4) is 0 Å². The molecule has 0 unspecified atom stereocenters. The fourth-order valence-corrected chi connectivity index (χ4v) is 5.96. The fourth-order valence-electron chi connectivity index (χ4n) is 2.95. The van der Waals surface area contributed by atoms with Crippen LogP contribution in [0, 0.1) is 23.7 Å². The van der Waals surface area contributed by atoms with E-state index in [0.29, 0.717) is 5.92 Å². The van der Waals surface area contributed by atoms with E-state index < -0.39 is 14.4 Å². The minimum atomic E-state index is -1.58. The van der Waals surface area contributed by atoms with Gasteiger partial charge in [0.2, 0.25) is 0 Å². The van der Waals surface area contributed by atoms with Gasteiger partial charge < -0.3 is 9.53 Å². The Hall–Kier alpha value is -0.823. The second-order valence-corrected chi connectivity index (χ2v) is 11.6. The summed E-state index contributed by atoms with van der Waals surface area (Å²) in [5.74, 6) is 6.08. The predicted octanol–water partition coefficient (Wildman–Crippen LogP) is 5.56. The van der Waals surface area contributed by atoms with Crippen molar-refractivity contribution in [2.75, 3.05) is 0 Å². The lowest BCUT2D eigenvalue weighted by Gasteiger charge is -2.34. The smallest absolute Gasteiger partial charge is 0.192 e. The summed E-state index contributed by atoms with van der Waals surface area (Å²) >= 11 is 0. The minimum absolute atomic E-state index is 0.0564. The zero-order valence-corrected chi connectivity index (χ0v) is 18.0. The van der Waals surface area contributed by atoms with E-state index in [2.05, 4.69) is 52.5 Å². The van der Waals surface area contributed by atoms with Gasteiger partial charge in [-0.1, -0.05) is 52.7 Å². The lowest BCUT2D eigenvalue weighted by atomic mass is 9.94. The predicted molar refractivity (Wildman–Crippen MR) is 108 cm³/mol. The van der Waals surface area contributed by atoms with Crippen LogP contribution in [-0.2, 0) is 4.43 Å². The van der Waals surface area contributed by atoms with Crippen LogP contribution in [0.5, 0.6) is 0 Å². The van der Waals surface area contributed by atoms with E-state index in [0.717, 1.165) is 5.57 Å². The molecule has 0 heterocycles. The molecule has 24 heavy (non-hydrogen) atoms. The molecule has 0 aliphatic rings. The molecule has 0 saturated carbocycles. The van der Waals surface area contributed by atoms with Gasteiger partial charge >= 0.3 is 0 Å². The lowest BCUT2D eigenvalue weighted by Crippen LogP contribution is -2.40. The fraction of sp³-hybridized carbons (Fsp3) is 0.714.